The Kier molecular flexibility index (Phi) is 6.89. The van der Waals surface area contributed by atoms with Crippen molar-refractivity contribution in [3.63, 3.8) is 0 Å². The van der Waals surface area contributed by atoms with Crippen LogP contribution in [-0.2, 0) is 16.1 Å². The number of aryl methyl sites for hydroxylation is 3. The van der Waals surface area contributed by atoms with E-state index in [1.165, 1.54) is 16.9 Å². The summed E-state index contributed by atoms with van der Waals surface area (Å²) in [5.41, 5.74) is 2.43. The number of carbonyl (C=O) groups excluding carboxylic acids is 2. The van der Waals surface area contributed by atoms with Gasteiger partial charge in [0.25, 0.3) is 0 Å². The maximum absolute atomic E-state index is 12.6. The molecule has 0 aliphatic carbocycles. The van der Waals surface area contributed by atoms with Gasteiger partial charge in [-0.05, 0) is 45.0 Å². The molecule has 2 N–H and O–H groups in total. The summed E-state index contributed by atoms with van der Waals surface area (Å²) >= 11 is 6.28. The number of anilines is 2. The van der Waals surface area contributed by atoms with E-state index in [0.29, 0.717) is 11.4 Å². The van der Waals surface area contributed by atoms with Gasteiger partial charge in [-0.2, -0.15) is 10.2 Å². The van der Waals surface area contributed by atoms with E-state index >= 15 is 0 Å². The van der Waals surface area contributed by atoms with Gasteiger partial charge in [-0.3, -0.25) is 29.1 Å². The lowest BCUT2D eigenvalue weighted by atomic mass is 10.2. The molecule has 1 atom stereocenters. The van der Waals surface area contributed by atoms with Crippen LogP contribution in [0.4, 0.5) is 17.1 Å². The maximum atomic E-state index is 12.6. The van der Waals surface area contributed by atoms with Gasteiger partial charge in [-0.15, -0.1) is 0 Å². The van der Waals surface area contributed by atoms with E-state index in [1.807, 2.05) is 19.9 Å². The quantitative estimate of drug-likeness (QED) is 0.390. The smallest absolute Gasteiger partial charge is 0.306 e. The molecule has 3 aromatic rings. The van der Waals surface area contributed by atoms with Gasteiger partial charge in [0, 0.05) is 24.3 Å². The number of nitrogens with zero attached hydrogens (tertiary/aromatic N) is 5. The molecular weight excluding hydrogens is 438 g/mol. The van der Waals surface area contributed by atoms with Crippen LogP contribution in [0.25, 0.3) is 0 Å². The number of rotatable bonds is 8. The number of nitrogens with one attached hydrogen (secondary N) is 2. The van der Waals surface area contributed by atoms with Crippen molar-refractivity contribution >= 4 is 40.5 Å². The molecule has 2 aromatic heterocycles. The molecule has 1 unspecified atom stereocenters. The topological polar surface area (TPSA) is 137 Å². The second kappa shape index (κ2) is 9.60. The van der Waals surface area contributed by atoms with Crippen molar-refractivity contribution in [3.05, 3.63) is 63.2 Å². The van der Waals surface area contributed by atoms with Gasteiger partial charge in [0.05, 0.1) is 21.3 Å². The minimum Gasteiger partial charge on any atom is -0.326 e. The molecule has 32 heavy (non-hydrogen) atoms. The zero-order valence-electron chi connectivity index (χ0n) is 17.7. The van der Waals surface area contributed by atoms with Crippen molar-refractivity contribution in [2.75, 3.05) is 10.6 Å². The van der Waals surface area contributed by atoms with Gasteiger partial charge in [0.2, 0.25) is 11.8 Å². The number of hydrogen-bond acceptors (Lipinski definition) is 6. The molecule has 168 valence electrons. The molecule has 0 spiro atoms. The minimum atomic E-state index is -0.552. The third-order valence-corrected chi connectivity index (χ3v) is 5.01. The molecule has 1 aromatic carbocycles. The van der Waals surface area contributed by atoms with E-state index in [4.69, 9.17) is 11.6 Å². The van der Waals surface area contributed by atoms with Crippen molar-refractivity contribution in [2.24, 2.45) is 0 Å². The second-order valence-corrected chi connectivity index (χ2v) is 7.66. The van der Waals surface area contributed by atoms with Crippen LogP contribution in [0, 0.1) is 24.0 Å². The second-order valence-electron chi connectivity index (χ2n) is 7.25. The predicted octanol–water partition coefficient (Wildman–Crippen LogP) is 3.49. The molecule has 0 aliphatic rings. The molecular formula is C20H22ClN7O4. The lowest BCUT2D eigenvalue weighted by Gasteiger charge is -2.16. The molecule has 12 heteroatoms. The maximum Gasteiger partial charge on any atom is 0.306 e. The Morgan fingerprint density at radius 2 is 2.00 bits per heavy atom. The summed E-state index contributed by atoms with van der Waals surface area (Å²) in [5, 5.41) is 24.6. The third-order valence-electron chi connectivity index (χ3n) is 4.70. The Labute approximate surface area is 188 Å². The number of nitro groups is 1. The number of halogens is 1. The van der Waals surface area contributed by atoms with Crippen molar-refractivity contribution in [3.8, 4) is 0 Å². The standard InChI is InChI=1S/C20H22ClN7O4/c1-12-8-13(2)27(25-12)14(3)20(30)24-18-5-4-15(9-17(18)21)23-19(29)6-7-26-11-16(10-22-26)28(31)32/h4-5,8-11,14H,6-7H2,1-3H3,(H,23,29)(H,24,30). The fourth-order valence-electron chi connectivity index (χ4n) is 3.09. The molecule has 0 bridgehead atoms. The normalized spacial score (nSPS) is 11.8. The summed E-state index contributed by atoms with van der Waals surface area (Å²) in [6, 6.07) is 6.10. The van der Waals surface area contributed by atoms with Crippen LogP contribution in [0.15, 0.2) is 36.7 Å². The highest BCUT2D eigenvalue weighted by Gasteiger charge is 2.19. The van der Waals surface area contributed by atoms with Crippen molar-refractivity contribution < 1.29 is 14.5 Å². The number of amides is 2. The summed E-state index contributed by atoms with van der Waals surface area (Å²) < 4.78 is 2.97. The van der Waals surface area contributed by atoms with Crippen LogP contribution in [0.3, 0.4) is 0 Å². The van der Waals surface area contributed by atoms with Gasteiger partial charge in [0.15, 0.2) is 0 Å². The molecule has 11 nitrogen and oxygen atoms in total. The molecule has 2 heterocycles. The van der Waals surface area contributed by atoms with Crippen LogP contribution in [0.5, 0.6) is 0 Å². The van der Waals surface area contributed by atoms with Gasteiger partial charge in [0.1, 0.15) is 18.4 Å². The Hall–Kier alpha value is -3.73. The van der Waals surface area contributed by atoms with E-state index in [2.05, 4.69) is 20.8 Å². The van der Waals surface area contributed by atoms with Crippen molar-refractivity contribution in [1.29, 1.82) is 0 Å². The SMILES string of the molecule is Cc1cc(C)n(C(C)C(=O)Nc2ccc(NC(=O)CCn3cc([N+](=O)[O-])cn3)cc2Cl)n1. The largest absolute Gasteiger partial charge is 0.326 e. The van der Waals surface area contributed by atoms with E-state index in [1.54, 1.807) is 23.7 Å². The average molecular weight is 460 g/mol. The molecule has 0 saturated heterocycles. The minimum absolute atomic E-state index is 0.0646. The number of hydrogen-bond donors (Lipinski definition) is 2. The fraction of sp³-hybridized carbons (Fsp3) is 0.300. The van der Waals surface area contributed by atoms with E-state index in [-0.39, 0.29) is 35.5 Å². The molecule has 3 rings (SSSR count). The zero-order chi connectivity index (χ0) is 23.4. The van der Waals surface area contributed by atoms with E-state index < -0.39 is 11.0 Å². The summed E-state index contributed by atoms with van der Waals surface area (Å²) in [7, 11) is 0. The van der Waals surface area contributed by atoms with Crippen molar-refractivity contribution in [2.45, 2.75) is 39.8 Å². The molecule has 0 fully saturated rings. The first-order valence-electron chi connectivity index (χ1n) is 9.74. The Morgan fingerprint density at radius 1 is 1.25 bits per heavy atom. The van der Waals surface area contributed by atoms with E-state index in [9.17, 15) is 19.7 Å². The van der Waals surface area contributed by atoms with Gasteiger partial charge >= 0.3 is 5.69 Å². The summed E-state index contributed by atoms with van der Waals surface area (Å²) in [6.07, 6.45) is 2.45. The van der Waals surface area contributed by atoms with Crippen LogP contribution in [0.1, 0.15) is 30.8 Å². The zero-order valence-corrected chi connectivity index (χ0v) is 18.5. The third kappa shape index (κ3) is 5.49. The van der Waals surface area contributed by atoms with Crippen LogP contribution in [-0.4, -0.2) is 36.3 Å². The first-order valence-corrected chi connectivity index (χ1v) is 10.1. The molecule has 0 saturated carbocycles. The summed E-state index contributed by atoms with van der Waals surface area (Å²) in [5.74, 6) is -0.586. The monoisotopic (exact) mass is 459 g/mol. The number of aromatic nitrogens is 4. The first-order chi connectivity index (χ1) is 15.1. The summed E-state index contributed by atoms with van der Waals surface area (Å²) in [4.78, 5) is 34.9. The predicted molar refractivity (Wildman–Crippen MR) is 119 cm³/mol. The average Bonchev–Trinajstić information content (AvgIpc) is 3.34. The van der Waals surface area contributed by atoms with Crippen LogP contribution in [0.2, 0.25) is 5.02 Å². The molecule has 0 aliphatic heterocycles. The van der Waals surface area contributed by atoms with Gasteiger partial charge in [-0.25, -0.2) is 0 Å². The highest BCUT2D eigenvalue weighted by atomic mass is 35.5. The highest BCUT2D eigenvalue weighted by molar-refractivity contribution is 6.34. The fourth-order valence-corrected chi connectivity index (χ4v) is 3.32. The molecule has 0 radical (unpaired) electrons. The first kappa shape index (κ1) is 22.9. The van der Waals surface area contributed by atoms with Gasteiger partial charge < -0.3 is 10.6 Å². The lowest BCUT2D eigenvalue weighted by molar-refractivity contribution is -0.385. The Balaban J connectivity index is 1.57. The Morgan fingerprint density at radius 3 is 2.59 bits per heavy atom. The van der Waals surface area contributed by atoms with Gasteiger partial charge in [-0.1, -0.05) is 11.6 Å². The number of carbonyl (C=O) groups is 2. The Bertz CT molecular complexity index is 1170. The summed E-state index contributed by atoms with van der Waals surface area (Å²) in [6.45, 7) is 5.66. The van der Waals surface area contributed by atoms with Crippen molar-refractivity contribution in [1.82, 2.24) is 19.6 Å². The molecule has 2 amide bonds. The highest BCUT2D eigenvalue weighted by Crippen LogP contribution is 2.26. The number of benzene rings is 1. The van der Waals surface area contributed by atoms with Crippen LogP contribution >= 0.6 is 11.6 Å². The lowest BCUT2D eigenvalue weighted by Crippen LogP contribution is -2.25. The van der Waals surface area contributed by atoms with Crippen LogP contribution < -0.4 is 10.6 Å². The van der Waals surface area contributed by atoms with E-state index in [0.717, 1.165) is 17.6 Å².